The summed E-state index contributed by atoms with van der Waals surface area (Å²) in [6.07, 6.45) is 3.65. The SMILES string of the molecule is COc1ccccc1N1CCN(C2CCCN(Cc3cc(CC(C)C)n[nH]3)C2)CC1. The summed E-state index contributed by atoms with van der Waals surface area (Å²) in [5.41, 5.74) is 3.68. The predicted octanol–water partition coefficient (Wildman–Crippen LogP) is 3.40. The second-order valence-corrected chi connectivity index (χ2v) is 9.21. The van der Waals surface area contributed by atoms with Crippen LogP contribution in [0.1, 0.15) is 38.1 Å². The Morgan fingerprint density at radius 1 is 1.13 bits per heavy atom. The highest BCUT2D eigenvalue weighted by Gasteiger charge is 2.29. The number of H-pyrrole nitrogens is 1. The number of piperidine rings is 1. The summed E-state index contributed by atoms with van der Waals surface area (Å²) in [6.45, 7) is 12.2. The average Bonchev–Trinajstić information content (AvgIpc) is 3.20. The minimum Gasteiger partial charge on any atom is -0.495 e. The lowest BCUT2D eigenvalue weighted by Gasteiger charge is -2.44. The molecular weight excluding hydrogens is 374 g/mol. The fraction of sp³-hybridized carbons (Fsp3) is 0.625. The van der Waals surface area contributed by atoms with Crippen LogP contribution in [0.3, 0.4) is 0 Å². The summed E-state index contributed by atoms with van der Waals surface area (Å²) >= 11 is 0. The van der Waals surface area contributed by atoms with E-state index in [1.807, 2.05) is 6.07 Å². The van der Waals surface area contributed by atoms with Crippen LogP contribution in [0.5, 0.6) is 5.75 Å². The Bertz CT molecular complexity index is 796. The van der Waals surface area contributed by atoms with Gasteiger partial charge in [0, 0.05) is 51.0 Å². The summed E-state index contributed by atoms with van der Waals surface area (Å²) in [7, 11) is 1.76. The smallest absolute Gasteiger partial charge is 0.142 e. The van der Waals surface area contributed by atoms with Crippen molar-refractivity contribution in [3.8, 4) is 5.75 Å². The zero-order chi connectivity index (χ0) is 20.9. The number of nitrogens with zero attached hydrogens (tertiary/aromatic N) is 4. The van der Waals surface area contributed by atoms with Crippen molar-refractivity contribution in [1.29, 1.82) is 0 Å². The topological polar surface area (TPSA) is 47.6 Å². The fourth-order valence-electron chi connectivity index (χ4n) is 4.95. The third-order valence-electron chi connectivity index (χ3n) is 6.43. The van der Waals surface area contributed by atoms with Crippen LogP contribution in [0.25, 0.3) is 0 Å². The minimum absolute atomic E-state index is 0.648. The second-order valence-electron chi connectivity index (χ2n) is 9.21. The van der Waals surface area contributed by atoms with E-state index in [2.05, 4.69) is 63.0 Å². The number of piperazine rings is 1. The van der Waals surface area contributed by atoms with Crippen molar-refractivity contribution in [3.05, 3.63) is 41.7 Å². The average molecular weight is 412 g/mol. The molecule has 2 aliphatic heterocycles. The van der Waals surface area contributed by atoms with E-state index in [9.17, 15) is 0 Å². The first-order chi connectivity index (χ1) is 14.6. The lowest BCUT2D eigenvalue weighted by molar-refractivity contribution is 0.0880. The number of ether oxygens (including phenoxy) is 1. The van der Waals surface area contributed by atoms with Crippen LogP contribution >= 0.6 is 0 Å². The van der Waals surface area contributed by atoms with Gasteiger partial charge < -0.3 is 9.64 Å². The van der Waals surface area contributed by atoms with Crippen LogP contribution in [0, 0.1) is 5.92 Å². The lowest BCUT2D eigenvalue weighted by atomic mass is 10.0. The highest BCUT2D eigenvalue weighted by atomic mass is 16.5. The molecule has 0 amide bonds. The molecule has 1 aromatic heterocycles. The molecule has 1 aromatic carbocycles. The van der Waals surface area contributed by atoms with E-state index < -0.39 is 0 Å². The van der Waals surface area contributed by atoms with Gasteiger partial charge >= 0.3 is 0 Å². The number of rotatable bonds is 7. The van der Waals surface area contributed by atoms with Gasteiger partial charge in [0.2, 0.25) is 0 Å². The lowest BCUT2D eigenvalue weighted by Crippen LogP contribution is -2.55. The van der Waals surface area contributed by atoms with Crippen molar-refractivity contribution in [2.75, 3.05) is 51.3 Å². The molecule has 0 aliphatic carbocycles. The number of likely N-dealkylation sites (tertiary alicyclic amines) is 1. The van der Waals surface area contributed by atoms with E-state index in [0.29, 0.717) is 12.0 Å². The number of hydrogen-bond acceptors (Lipinski definition) is 5. The van der Waals surface area contributed by atoms with Crippen molar-refractivity contribution in [2.45, 2.75) is 45.7 Å². The molecule has 1 atom stereocenters. The number of methoxy groups -OCH3 is 1. The van der Waals surface area contributed by atoms with Gasteiger partial charge in [0.25, 0.3) is 0 Å². The van der Waals surface area contributed by atoms with Gasteiger partial charge in [0.15, 0.2) is 0 Å². The number of hydrogen-bond donors (Lipinski definition) is 1. The van der Waals surface area contributed by atoms with E-state index >= 15 is 0 Å². The van der Waals surface area contributed by atoms with Crippen LogP contribution < -0.4 is 9.64 Å². The summed E-state index contributed by atoms with van der Waals surface area (Å²) in [5.74, 6) is 1.63. The molecule has 6 heteroatoms. The van der Waals surface area contributed by atoms with Gasteiger partial charge in [-0.25, -0.2) is 0 Å². The van der Waals surface area contributed by atoms with Gasteiger partial charge in [-0.05, 0) is 49.9 Å². The van der Waals surface area contributed by atoms with Gasteiger partial charge in [-0.3, -0.25) is 14.9 Å². The molecule has 0 saturated carbocycles. The van der Waals surface area contributed by atoms with Crippen LogP contribution in [0.2, 0.25) is 0 Å². The molecule has 4 rings (SSSR count). The monoisotopic (exact) mass is 411 g/mol. The van der Waals surface area contributed by atoms with Crippen molar-refractivity contribution >= 4 is 5.69 Å². The first-order valence-electron chi connectivity index (χ1n) is 11.5. The minimum atomic E-state index is 0.648. The zero-order valence-corrected chi connectivity index (χ0v) is 18.8. The molecule has 2 saturated heterocycles. The standard InChI is InChI=1S/C24H37N5O/c1-19(2)15-20-16-21(26-25-20)17-27-10-6-7-22(18-27)28-11-13-29(14-12-28)23-8-4-5-9-24(23)30-3/h4-5,8-9,16,19,22H,6-7,10-15,17-18H2,1-3H3,(H,25,26). The number of anilines is 1. The molecule has 0 spiro atoms. The Labute approximate surface area is 181 Å². The molecule has 6 nitrogen and oxygen atoms in total. The first kappa shape index (κ1) is 21.2. The molecule has 1 unspecified atom stereocenters. The van der Waals surface area contributed by atoms with E-state index in [1.54, 1.807) is 7.11 Å². The van der Waals surface area contributed by atoms with Crippen molar-refractivity contribution in [1.82, 2.24) is 20.0 Å². The number of aromatic nitrogens is 2. The number of para-hydroxylation sites is 2. The second kappa shape index (κ2) is 9.84. The van der Waals surface area contributed by atoms with Crippen molar-refractivity contribution < 1.29 is 4.74 Å². The number of aromatic amines is 1. The van der Waals surface area contributed by atoms with Gasteiger partial charge in [0.1, 0.15) is 5.75 Å². The molecule has 2 fully saturated rings. The van der Waals surface area contributed by atoms with Crippen LogP contribution in [0.15, 0.2) is 30.3 Å². The molecule has 2 aromatic rings. The largest absolute Gasteiger partial charge is 0.495 e. The zero-order valence-electron chi connectivity index (χ0n) is 18.8. The summed E-state index contributed by atoms with van der Waals surface area (Å²) < 4.78 is 5.57. The van der Waals surface area contributed by atoms with Gasteiger partial charge in [-0.15, -0.1) is 0 Å². The number of nitrogens with one attached hydrogen (secondary N) is 1. The highest BCUT2D eigenvalue weighted by Crippen LogP contribution is 2.29. The molecule has 2 aliphatic rings. The van der Waals surface area contributed by atoms with Gasteiger partial charge in [0.05, 0.1) is 18.5 Å². The third-order valence-corrected chi connectivity index (χ3v) is 6.43. The van der Waals surface area contributed by atoms with Gasteiger partial charge in [-0.1, -0.05) is 26.0 Å². The van der Waals surface area contributed by atoms with E-state index in [-0.39, 0.29) is 0 Å². The molecule has 164 valence electrons. The Morgan fingerprint density at radius 2 is 1.93 bits per heavy atom. The molecule has 0 bridgehead atoms. The maximum atomic E-state index is 5.57. The molecule has 30 heavy (non-hydrogen) atoms. The molecule has 1 N–H and O–H groups in total. The normalized spacial score (nSPS) is 21.3. The van der Waals surface area contributed by atoms with Crippen molar-refractivity contribution in [2.24, 2.45) is 5.92 Å². The van der Waals surface area contributed by atoms with Crippen LogP contribution in [0.4, 0.5) is 5.69 Å². The highest BCUT2D eigenvalue weighted by molar-refractivity contribution is 5.58. The van der Waals surface area contributed by atoms with Crippen LogP contribution in [-0.4, -0.2) is 72.4 Å². The Balaban J connectivity index is 1.29. The molecule has 0 radical (unpaired) electrons. The summed E-state index contributed by atoms with van der Waals surface area (Å²) in [4.78, 5) is 7.78. The first-order valence-corrected chi connectivity index (χ1v) is 11.5. The van der Waals surface area contributed by atoms with E-state index in [1.165, 1.54) is 36.5 Å². The quantitative estimate of drug-likeness (QED) is 0.757. The Kier molecular flexibility index (Phi) is 6.95. The maximum absolute atomic E-state index is 5.57. The fourth-order valence-corrected chi connectivity index (χ4v) is 4.95. The maximum Gasteiger partial charge on any atom is 0.142 e. The number of benzene rings is 1. The predicted molar refractivity (Wildman–Crippen MR) is 122 cm³/mol. The Morgan fingerprint density at radius 3 is 2.70 bits per heavy atom. The van der Waals surface area contributed by atoms with Crippen molar-refractivity contribution in [3.63, 3.8) is 0 Å². The third kappa shape index (κ3) is 5.16. The Hall–Kier alpha value is -2.05. The van der Waals surface area contributed by atoms with E-state index in [0.717, 1.165) is 51.4 Å². The molecular formula is C24H37N5O. The summed E-state index contributed by atoms with van der Waals surface area (Å²) in [5, 5.41) is 7.77. The van der Waals surface area contributed by atoms with Crippen LogP contribution in [-0.2, 0) is 13.0 Å². The molecule has 3 heterocycles. The van der Waals surface area contributed by atoms with Gasteiger partial charge in [-0.2, -0.15) is 5.10 Å². The van der Waals surface area contributed by atoms with E-state index in [4.69, 9.17) is 4.74 Å². The summed E-state index contributed by atoms with van der Waals surface area (Å²) in [6, 6.07) is 11.3.